The van der Waals surface area contributed by atoms with Crippen LogP contribution in [0.5, 0.6) is 0 Å². The van der Waals surface area contributed by atoms with Gasteiger partial charge in [-0.2, -0.15) is 13.2 Å². The van der Waals surface area contributed by atoms with Gasteiger partial charge in [-0.3, -0.25) is 4.79 Å². The van der Waals surface area contributed by atoms with Crippen molar-refractivity contribution in [1.29, 1.82) is 0 Å². The highest BCUT2D eigenvalue weighted by Gasteiger charge is 2.35. The van der Waals surface area contributed by atoms with Gasteiger partial charge in [-0.1, -0.05) is 12.1 Å². The molecule has 0 unspecified atom stereocenters. The average molecular weight is 332 g/mol. The zero-order chi connectivity index (χ0) is 17.3. The first-order valence-corrected chi connectivity index (χ1v) is 6.85. The Kier molecular flexibility index (Phi) is 3.80. The van der Waals surface area contributed by atoms with Crippen molar-refractivity contribution in [3.05, 3.63) is 59.9 Å². The quantitative estimate of drug-likeness (QED) is 0.769. The van der Waals surface area contributed by atoms with E-state index in [-0.39, 0.29) is 11.3 Å². The monoisotopic (exact) mass is 332 g/mol. The number of nitrogens with two attached hydrogens (primary N) is 1. The first-order chi connectivity index (χ1) is 11.3. The van der Waals surface area contributed by atoms with Gasteiger partial charge in [0.25, 0.3) is 0 Å². The number of para-hydroxylation sites is 1. The van der Waals surface area contributed by atoms with Crippen molar-refractivity contribution in [2.45, 2.75) is 6.18 Å². The lowest BCUT2D eigenvalue weighted by Gasteiger charge is -2.12. The minimum absolute atomic E-state index is 0.0275. The fourth-order valence-corrected chi connectivity index (χ4v) is 2.15. The van der Waals surface area contributed by atoms with Crippen LogP contribution in [-0.4, -0.2) is 15.9 Å². The predicted molar refractivity (Wildman–Crippen MR) is 82.8 cm³/mol. The number of alkyl halides is 3. The number of primary amides is 1. The molecule has 3 N–H and O–H groups in total. The molecule has 0 saturated heterocycles. The fraction of sp³-hybridized carbons (Fsp3) is 0.0625. The van der Waals surface area contributed by atoms with Crippen LogP contribution in [0.1, 0.15) is 16.2 Å². The van der Waals surface area contributed by atoms with Crippen molar-refractivity contribution in [2.24, 2.45) is 5.73 Å². The molecule has 0 fully saturated rings. The molecule has 0 bridgehead atoms. The molecule has 2 aromatic carbocycles. The van der Waals surface area contributed by atoms with E-state index >= 15 is 0 Å². The van der Waals surface area contributed by atoms with Gasteiger partial charge >= 0.3 is 6.18 Å². The largest absolute Gasteiger partial charge is 0.451 e. The topological polar surface area (TPSA) is 80.9 Å². The van der Waals surface area contributed by atoms with Gasteiger partial charge in [0, 0.05) is 16.6 Å². The number of hydrogen-bond acceptors (Lipinski definition) is 4. The third kappa shape index (κ3) is 3.12. The first-order valence-electron chi connectivity index (χ1n) is 6.85. The van der Waals surface area contributed by atoms with Crippen molar-refractivity contribution in [3.63, 3.8) is 0 Å². The van der Waals surface area contributed by atoms with Gasteiger partial charge in [0.05, 0.1) is 5.52 Å². The number of halogens is 3. The van der Waals surface area contributed by atoms with Gasteiger partial charge in [0.2, 0.25) is 11.7 Å². The van der Waals surface area contributed by atoms with Gasteiger partial charge in [-0.05, 0) is 36.4 Å². The minimum Gasteiger partial charge on any atom is -0.366 e. The number of nitrogens with one attached hydrogen (secondary N) is 1. The second kappa shape index (κ2) is 5.80. The van der Waals surface area contributed by atoms with Gasteiger partial charge in [0.1, 0.15) is 5.82 Å². The highest BCUT2D eigenvalue weighted by atomic mass is 19.4. The number of fused-ring (bicyclic) bond motifs is 1. The van der Waals surface area contributed by atoms with E-state index in [9.17, 15) is 18.0 Å². The zero-order valence-electron chi connectivity index (χ0n) is 12.1. The number of nitrogens with zero attached hydrogens (tertiary/aromatic N) is 2. The Bertz CT molecular complexity index is 907. The molecular weight excluding hydrogens is 321 g/mol. The summed E-state index contributed by atoms with van der Waals surface area (Å²) in [7, 11) is 0. The number of aromatic nitrogens is 2. The summed E-state index contributed by atoms with van der Waals surface area (Å²) in [5.41, 5.74) is 6.10. The molecule has 0 saturated carbocycles. The summed E-state index contributed by atoms with van der Waals surface area (Å²) in [6, 6.07) is 12.4. The third-order valence-electron chi connectivity index (χ3n) is 3.29. The maximum Gasteiger partial charge on any atom is 0.451 e. The number of amides is 1. The zero-order valence-corrected chi connectivity index (χ0v) is 12.1. The Morgan fingerprint density at radius 3 is 2.29 bits per heavy atom. The van der Waals surface area contributed by atoms with E-state index in [0.29, 0.717) is 16.6 Å². The molecular formula is C16H11F3N4O. The normalized spacial score (nSPS) is 11.5. The van der Waals surface area contributed by atoms with E-state index in [1.807, 2.05) is 0 Å². The Balaban J connectivity index is 2.05. The van der Waals surface area contributed by atoms with Crippen LogP contribution >= 0.6 is 0 Å². The SMILES string of the molecule is NC(=O)c1ccc(Nc2nc(C(F)(F)F)nc3ccccc23)cc1. The number of benzene rings is 2. The van der Waals surface area contributed by atoms with Crippen molar-refractivity contribution in [2.75, 3.05) is 5.32 Å². The Labute approximate surface area is 134 Å². The van der Waals surface area contributed by atoms with Crippen molar-refractivity contribution in [3.8, 4) is 0 Å². The van der Waals surface area contributed by atoms with E-state index in [0.717, 1.165) is 0 Å². The van der Waals surface area contributed by atoms with E-state index in [1.165, 1.54) is 30.3 Å². The standard InChI is InChI=1S/C16H11F3N4O/c17-16(18,19)15-22-12-4-2-1-3-11(12)14(23-15)21-10-7-5-9(6-8-10)13(20)24/h1-8H,(H2,20,24)(H,21,22,23). The molecule has 24 heavy (non-hydrogen) atoms. The second-order valence-corrected chi connectivity index (χ2v) is 4.98. The van der Waals surface area contributed by atoms with E-state index in [2.05, 4.69) is 15.3 Å². The van der Waals surface area contributed by atoms with E-state index in [1.54, 1.807) is 18.2 Å². The lowest BCUT2D eigenvalue weighted by molar-refractivity contribution is -0.144. The molecule has 5 nitrogen and oxygen atoms in total. The van der Waals surface area contributed by atoms with Gasteiger partial charge in [-0.15, -0.1) is 0 Å². The van der Waals surface area contributed by atoms with Crippen LogP contribution in [0.3, 0.4) is 0 Å². The van der Waals surface area contributed by atoms with Crippen LogP contribution in [0.4, 0.5) is 24.7 Å². The minimum atomic E-state index is -4.66. The fourth-order valence-electron chi connectivity index (χ4n) is 2.15. The molecule has 122 valence electrons. The summed E-state index contributed by atoms with van der Waals surface area (Å²) in [5, 5.41) is 3.27. The molecule has 1 amide bonds. The molecule has 8 heteroatoms. The Hall–Kier alpha value is -3.16. The number of rotatable bonds is 3. The molecule has 0 aliphatic heterocycles. The van der Waals surface area contributed by atoms with E-state index < -0.39 is 17.9 Å². The molecule has 0 aliphatic carbocycles. The summed E-state index contributed by atoms with van der Waals surface area (Å²) in [5.74, 6) is -1.79. The maximum atomic E-state index is 13.0. The lowest BCUT2D eigenvalue weighted by Crippen LogP contribution is -2.13. The number of carbonyl (C=O) groups excluding carboxylic acids is 1. The van der Waals surface area contributed by atoms with Crippen LogP contribution < -0.4 is 11.1 Å². The van der Waals surface area contributed by atoms with Crippen molar-refractivity contribution < 1.29 is 18.0 Å². The molecule has 1 aromatic heterocycles. The van der Waals surface area contributed by atoms with E-state index in [4.69, 9.17) is 5.73 Å². The molecule has 0 spiro atoms. The Morgan fingerprint density at radius 1 is 1.00 bits per heavy atom. The van der Waals surface area contributed by atoms with Gasteiger partial charge in [-0.25, -0.2) is 9.97 Å². The highest BCUT2D eigenvalue weighted by Crippen LogP contribution is 2.31. The summed E-state index contributed by atoms with van der Waals surface area (Å²) < 4.78 is 38.9. The highest BCUT2D eigenvalue weighted by molar-refractivity contribution is 5.94. The summed E-state index contributed by atoms with van der Waals surface area (Å²) in [6.07, 6.45) is -4.66. The van der Waals surface area contributed by atoms with Crippen molar-refractivity contribution >= 4 is 28.3 Å². The number of carbonyl (C=O) groups is 1. The van der Waals surface area contributed by atoms with Gasteiger partial charge in [0.15, 0.2) is 0 Å². The molecule has 3 rings (SSSR count). The average Bonchev–Trinajstić information content (AvgIpc) is 2.54. The smallest absolute Gasteiger partial charge is 0.366 e. The molecule has 0 radical (unpaired) electrons. The first kappa shape index (κ1) is 15.7. The molecule has 0 atom stereocenters. The van der Waals surface area contributed by atoms with Crippen LogP contribution in [0.15, 0.2) is 48.5 Å². The predicted octanol–water partition coefficient (Wildman–Crippen LogP) is 3.49. The number of anilines is 2. The van der Waals surface area contributed by atoms with Crippen LogP contribution in [0.2, 0.25) is 0 Å². The van der Waals surface area contributed by atoms with Crippen molar-refractivity contribution in [1.82, 2.24) is 9.97 Å². The molecule has 1 heterocycles. The molecule has 0 aliphatic rings. The van der Waals surface area contributed by atoms with Crippen LogP contribution in [-0.2, 0) is 6.18 Å². The number of hydrogen-bond donors (Lipinski definition) is 2. The third-order valence-corrected chi connectivity index (χ3v) is 3.29. The summed E-state index contributed by atoms with van der Waals surface area (Å²) in [4.78, 5) is 18.2. The maximum absolute atomic E-state index is 13.0. The Morgan fingerprint density at radius 2 is 1.67 bits per heavy atom. The van der Waals surface area contributed by atoms with Crippen LogP contribution in [0, 0.1) is 0 Å². The lowest BCUT2D eigenvalue weighted by atomic mass is 10.2. The summed E-state index contributed by atoms with van der Waals surface area (Å²) >= 11 is 0. The molecule has 3 aromatic rings. The van der Waals surface area contributed by atoms with Gasteiger partial charge < -0.3 is 11.1 Å². The summed E-state index contributed by atoms with van der Waals surface area (Å²) in [6.45, 7) is 0. The van der Waals surface area contributed by atoms with Crippen LogP contribution in [0.25, 0.3) is 10.9 Å². The second-order valence-electron chi connectivity index (χ2n) is 4.98.